The van der Waals surface area contributed by atoms with Gasteiger partial charge in [-0.05, 0) is 49.2 Å². The Labute approximate surface area is 228 Å². The molecule has 3 rings (SSSR count). The Hall–Kier alpha value is -2.18. The highest BCUT2D eigenvalue weighted by molar-refractivity contribution is 9.10. The summed E-state index contributed by atoms with van der Waals surface area (Å²) in [5.74, 6) is 0.428. The summed E-state index contributed by atoms with van der Waals surface area (Å²) in [6.45, 7) is 21.3. The number of allylic oxidation sites excluding steroid dienone is 1. The molecule has 37 heavy (non-hydrogen) atoms. The third-order valence-corrected chi connectivity index (χ3v) is 8.23. The monoisotopic (exact) mass is 596 g/mol. The predicted octanol–water partition coefficient (Wildman–Crippen LogP) is 4.70. The number of hydrogen-bond donors (Lipinski definition) is 0. The molecule has 1 aliphatic rings. The molecule has 1 aliphatic heterocycles. The number of ether oxygens (including phenoxy) is 2. The molecule has 206 valence electrons. The minimum atomic E-state index is -1.26. The van der Waals surface area contributed by atoms with Crippen LogP contribution in [0.25, 0.3) is 5.78 Å². The first-order valence-electron chi connectivity index (χ1n) is 12.8. The van der Waals surface area contributed by atoms with Gasteiger partial charge in [-0.1, -0.05) is 32.6 Å². The molecule has 0 aromatic carbocycles. The maximum atomic E-state index is 13.8. The number of nitrogens with zero attached hydrogens (tertiary/aromatic N) is 6. The van der Waals surface area contributed by atoms with Gasteiger partial charge in [0.05, 0.1) is 5.69 Å². The first-order chi connectivity index (χ1) is 17.2. The maximum absolute atomic E-state index is 13.8. The Morgan fingerprint density at radius 3 is 2.43 bits per heavy atom. The number of rotatable bonds is 9. The van der Waals surface area contributed by atoms with Gasteiger partial charge in [-0.3, -0.25) is 9.36 Å². The highest BCUT2D eigenvalue weighted by atomic mass is 79.9. The number of carbonyl (C=O) groups excluding carboxylic acids is 1. The summed E-state index contributed by atoms with van der Waals surface area (Å²) >= 11 is 3.34. The summed E-state index contributed by atoms with van der Waals surface area (Å²) in [6, 6.07) is 1.04. The van der Waals surface area contributed by atoms with Crippen LogP contribution in [0.2, 0.25) is 25.7 Å². The summed E-state index contributed by atoms with van der Waals surface area (Å²) in [7, 11) is -1.26. The normalized spacial score (nSPS) is 15.8. The van der Waals surface area contributed by atoms with Crippen LogP contribution in [0.5, 0.6) is 0 Å². The SMILES string of the molecule is C=CCC(C)c1c(N2CCN(C(=O)OC(C)(C)C)CC2)c(=O)n2nc(Br)nc2n1COCC[Si](C)(C)C. The van der Waals surface area contributed by atoms with Crippen molar-refractivity contribution in [3.63, 3.8) is 0 Å². The molecule has 10 nitrogen and oxygen atoms in total. The predicted molar refractivity (Wildman–Crippen MR) is 152 cm³/mol. The average Bonchev–Trinajstić information content (AvgIpc) is 3.18. The van der Waals surface area contributed by atoms with Crippen LogP contribution in [-0.2, 0) is 16.2 Å². The molecule has 1 amide bonds. The van der Waals surface area contributed by atoms with E-state index >= 15 is 0 Å². The lowest BCUT2D eigenvalue weighted by molar-refractivity contribution is 0.0240. The second-order valence-corrected chi connectivity index (χ2v) is 18.1. The molecule has 0 spiro atoms. The minimum absolute atomic E-state index is 0.00912. The number of halogens is 1. The molecule has 1 saturated heterocycles. The van der Waals surface area contributed by atoms with Crippen molar-refractivity contribution in [3.05, 3.63) is 33.4 Å². The van der Waals surface area contributed by atoms with Gasteiger partial charge in [0, 0.05) is 46.8 Å². The van der Waals surface area contributed by atoms with Crippen LogP contribution in [0, 0.1) is 0 Å². The largest absolute Gasteiger partial charge is 0.444 e. The van der Waals surface area contributed by atoms with Gasteiger partial charge < -0.3 is 19.3 Å². The number of carbonyl (C=O) groups is 1. The third-order valence-electron chi connectivity index (χ3n) is 6.19. The van der Waals surface area contributed by atoms with Gasteiger partial charge in [-0.25, -0.2) is 4.79 Å². The van der Waals surface area contributed by atoms with Crippen molar-refractivity contribution < 1.29 is 14.3 Å². The Morgan fingerprint density at radius 2 is 1.86 bits per heavy atom. The highest BCUT2D eigenvalue weighted by Crippen LogP contribution is 2.30. The standard InChI is InChI=1S/C25H41BrN6O4Si/c1-9-10-18(2)19-20(29-11-13-30(14-12-29)24(34)36-25(3,4)5)21(33)32-23(27-22(26)28-32)31(19)17-35-15-16-37(6,7)8/h9,18H,1,10-17H2,2-8H3. The van der Waals surface area contributed by atoms with E-state index in [0.717, 1.165) is 11.7 Å². The number of hydrogen-bond acceptors (Lipinski definition) is 7. The second-order valence-electron chi connectivity index (χ2n) is 11.8. The van der Waals surface area contributed by atoms with Crippen LogP contribution >= 0.6 is 15.9 Å². The molecule has 1 unspecified atom stereocenters. The fraction of sp³-hybridized carbons (Fsp3) is 0.680. The van der Waals surface area contributed by atoms with Gasteiger partial charge in [0.25, 0.3) is 5.56 Å². The molecule has 1 atom stereocenters. The van der Waals surface area contributed by atoms with E-state index in [9.17, 15) is 9.59 Å². The average molecular weight is 598 g/mol. The minimum Gasteiger partial charge on any atom is -0.444 e. The van der Waals surface area contributed by atoms with Crippen LogP contribution in [0.1, 0.15) is 45.7 Å². The van der Waals surface area contributed by atoms with Crippen molar-refractivity contribution in [2.24, 2.45) is 0 Å². The molecule has 1 fully saturated rings. The van der Waals surface area contributed by atoms with Crippen LogP contribution in [0.15, 0.2) is 22.2 Å². The zero-order valence-corrected chi connectivity index (χ0v) is 25.8. The molecule has 12 heteroatoms. The van der Waals surface area contributed by atoms with E-state index < -0.39 is 13.7 Å². The fourth-order valence-corrected chi connectivity index (χ4v) is 5.37. The molecule has 0 aliphatic carbocycles. The molecular formula is C25H41BrN6O4Si. The molecule has 0 radical (unpaired) electrons. The third kappa shape index (κ3) is 7.44. The van der Waals surface area contributed by atoms with E-state index in [-0.39, 0.29) is 24.3 Å². The van der Waals surface area contributed by atoms with E-state index in [1.165, 1.54) is 4.52 Å². The first-order valence-corrected chi connectivity index (χ1v) is 17.3. The number of piperazine rings is 1. The van der Waals surface area contributed by atoms with E-state index in [4.69, 9.17) is 9.47 Å². The van der Waals surface area contributed by atoms with Gasteiger partial charge >= 0.3 is 6.09 Å². The van der Waals surface area contributed by atoms with Crippen molar-refractivity contribution in [1.29, 1.82) is 0 Å². The van der Waals surface area contributed by atoms with E-state index in [1.54, 1.807) is 4.90 Å². The van der Waals surface area contributed by atoms with Crippen molar-refractivity contribution in [3.8, 4) is 0 Å². The zero-order valence-electron chi connectivity index (χ0n) is 23.2. The topological polar surface area (TPSA) is 94.2 Å². The Balaban J connectivity index is 2.00. The molecule has 0 bridgehead atoms. The van der Waals surface area contributed by atoms with Gasteiger partial charge in [-0.2, -0.15) is 9.50 Å². The van der Waals surface area contributed by atoms with Crippen molar-refractivity contribution in [2.45, 2.75) is 78.1 Å². The molecule has 2 aromatic rings. The number of amides is 1. The molecule has 0 N–H and O–H groups in total. The van der Waals surface area contributed by atoms with Gasteiger partial charge in [0.1, 0.15) is 18.0 Å². The first kappa shape index (κ1) is 29.4. The van der Waals surface area contributed by atoms with Crippen molar-refractivity contribution >= 4 is 41.6 Å². The maximum Gasteiger partial charge on any atom is 0.410 e. The van der Waals surface area contributed by atoms with Crippen LogP contribution < -0.4 is 10.5 Å². The number of aromatic nitrogens is 4. The van der Waals surface area contributed by atoms with Crippen molar-refractivity contribution in [1.82, 2.24) is 24.1 Å². The molecule has 2 aromatic heterocycles. The van der Waals surface area contributed by atoms with Gasteiger partial charge in [0.2, 0.25) is 10.5 Å². The van der Waals surface area contributed by atoms with E-state index in [0.29, 0.717) is 55.4 Å². The lowest BCUT2D eigenvalue weighted by Gasteiger charge is -2.38. The van der Waals surface area contributed by atoms with E-state index in [2.05, 4.69) is 59.2 Å². The smallest absolute Gasteiger partial charge is 0.410 e. The second kappa shape index (κ2) is 11.7. The lowest BCUT2D eigenvalue weighted by atomic mass is 10.0. The quantitative estimate of drug-likeness (QED) is 0.235. The Kier molecular flexibility index (Phi) is 9.28. The Morgan fingerprint density at radius 1 is 1.22 bits per heavy atom. The summed E-state index contributed by atoms with van der Waals surface area (Å²) in [4.78, 5) is 34.7. The zero-order chi connectivity index (χ0) is 27.5. The fourth-order valence-electron chi connectivity index (χ4n) is 4.29. The van der Waals surface area contributed by atoms with Crippen LogP contribution in [0.4, 0.5) is 10.5 Å². The van der Waals surface area contributed by atoms with Crippen LogP contribution in [0.3, 0.4) is 0 Å². The molecule has 3 heterocycles. The summed E-state index contributed by atoms with van der Waals surface area (Å²) in [6.07, 6.45) is 2.21. The summed E-state index contributed by atoms with van der Waals surface area (Å²) in [5, 5.41) is 4.34. The van der Waals surface area contributed by atoms with Crippen LogP contribution in [-0.4, -0.2) is 76.6 Å². The lowest BCUT2D eigenvalue weighted by Crippen LogP contribution is -2.52. The van der Waals surface area contributed by atoms with E-state index in [1.807, 2.05) is 36.3 Å². The van der Waals surface area contributed by atoms with Gasteiger partial charge in [0.15, 0.2) is 0 Å². The highest BCUT2D eigenvalue weighted by Gasteiger charge is 2.31. The summed E-state index contributed by atoms with van der Waals surface area (Å²) in [5.41, 5.74) is 0.618. The van der Waals surface area contributed by atoms with Gasteiger partial charge in [-0.15, -0.1) is 11.7 Å². The Bertz CT molecular complexity index is 1180. The summed E-state index contributed by atoms with van der Waals surface area (Å²) < 4.78 is 15.3. The number of anilines is 1. The number of fused-ring (bicyclic) bond motifs is 1. The molecular weight excluding hydrogens is 556 g/mol. The molecule has 0 saturated carbocycles. The van der Waals surface area contributed by atoms with Crippen molar-refractivity contribution in [2.75, 3.05) is 37.7 Å².